The Morgan fingerprint density at radius 2 is 2.27 bits per heavy atom. The molecule has 7 nitrogen and oxygen atoms in total. The van der Waals surface area contributed by atoms with Crippen molar-refractivity contribution in [3.05, 3.63) is 16.0 Å². The molecule has 1 aromatic rings. The van der Waals surface area contributed by atoms with Gasteiger partial charge in [0.05, 0.1) is 6.61 Å². The van der Waals surface area contributed by atoms with Crippen LogP contribution in [0.5, 0.6) is 5.75 Å². The Balaban J connectivity index is 3.33. The highest BCUT2D eigenvalue weighted by Gasteiger charge is 2.19. The van der Waals surface area contributed by atoms with E-state index in [9.17, 15) is 14.7 Å². The summed E-state index contributed by atoms with van der Waals surface area (Å²) in [5.74, 6) is -1.80. The molecule has 0 aliphatic heterocycles. The lowest BCUT2D eigenvalue weighted by Gasteiger charge is -2.06. The Hall–Kier alpha value is -2.05. The molecule has 0 fully saturated rings. The fourth-order valence-corrected chi connectivity index (χ4v) is 0.948. The standard InChI is InChI=1S/C8H11N3O4/c1-3-15-7(14)4-5(12)6(13)11(2)8(9)10-4/h12H,3H2,1-2H3,(H2,9,10). The Labute approximate surface area is 85.1 Å². The zero-order chi connectivity index (χ0) is 11.6. The van der Waals surface area contributed by atoms with Gasteiger partial charge < -0.3 is 15.6 Å². The van der Waals surface area contributed by atoms with Crippen LogP contribution in [0.4, 0.5) is 5.95 Å². The second-order valence-electron chi connectivity index (χ2n) is 2.75. The average molecular weight is 213 g/mol. The molecule has 0 aromatic carbocycles. The second-order valence-corrected chi connectivity index (χ2v) is 2.75. The van der Waals surface area contributed by atoms with E-state index >= 15 is 0 Å². The Kier molecular flexibility index (Phi) is 2.93. The molecule has 0 bridgehead atoms. The second kappa shape index (κ2) is 3.99. The molecule has 7 heteroatoms. The first-order valence-corrected chi connectivity index (χ1v) is 4.21. The van der Waals surface area contributed by atoms with E-state index in [4.69, 9.17) is 5.73 Å². The number of carbonyl (C=O) groups is 1. The van der Waals surface area contributed by atoms with Crippen LogP contribution in [0, 0.1) is 0 Å². The van der Waals surface area contributed by atoms with Gasteiger partial charge in [0.25, 0.3) is 5.56 Å². The quantitative estimate of drug-likeness (QED) is 0.625. The number of rotatable bonds is 2. The molecule has 82 valence electrons. The third kappa shape index (κ3) is 1.90. The van der Waals surface area contributed by atoms with Crippen LogP contribution in [0.3, 0.4) is 0 Å². The van der Waals surface area contributed by atoms with Crippen molar-refractivity contribution in [1.82, 2.24) is 9.55 Å². The van der Waals surface area contributed by atoms with E-state index in [1.165, 1.54) is 7.05 Å². The number of aromatic nitrogens is 2. The van der Waals surface area contributed by atoms with Gasteiger partial charge >= 0.3 is 5.97 Å². The number of nitrogens with two attached hydrogens (primary N) is 1. The summed E-state index contributed by atoms with van der Waals surface area (Å²) in [7, 11) is 1.33. The van der Waals surface area contributed by atoms with Crippen molar-refractivity contribution >= 4 is 11.9 Å². The minimum Gasteiger partial charge on any atom is -0.501 e. The van der Waals surface area contributed by atoms with E-state index in [0.717, 1.165) is 4.57 Å². The summed E-state index contributed by atoms with van der Waals surface area (Å²) in [5.41, 5.74) is 4.11. The van der Waals surface area contributed by atoms with E-state index in [2.05, 4.69) is 9.72 Å². The van der Waals surface area contributed by atoms with Gasteiger partial charge in [-0.15, -0.1) is 0 Å². The number of nitrogen functional groups attached to an aromatic ring is 1. The van der Waals surface area contributed by atoms with Crippen molar-refractivity contribution in [1.29, 1.82) is 0 Å². The van der Waals surface area contributed by atoms with Gasteiger partial charge in [-0.25, -0.2) is 9.78 Å². The van der Waals surface area contributed by atoms with Gasteiger partial charge in [-0.2, -0.15) is 0 Å². The molecule has 15 heavy (non-hydrogen) atoms. The normalized spacial score (nSPS) is 10.0. The van der Waals surface area contributed by atoms with Crippen LogP contribution in [0.2, 0.25) is 0 Å². The minimum atomic E-state index is -0.876. The van der Waals surface area contributed by atoms with E-state index in [-0.39, 0.29) is 12.6 Å². The molecule has 1 rings (SSSR count). The van der Waals surface area contributed by atoms with Gasteiger partial charge in [0.2, 0.25) is 11.7 Å². The smallest absolute Gasteiger partial charge is 0.361 e. The van der Waals surface area contributed by atoms with Crippen LogP contribution in [0.1, 0.15) is 17.4 Å². The molecule has 0 aliphatic rings. The molecule has 0 unspecified atom stereocenters. The molecule has 1 aromatic heterocycles. The minimum absolute atomic E-state index is 0.120. The largest absolute Gasteiger partial charge is 0.501 e. The number of ether oxygens (including phenoxy) is 1. The number of nitrogens with zero attached hydrogens (tertiary/aromatic N) is 2. The molecule has 0 spiro atoms. The van der Waals surface area contributed by atoms with E-state index < -0.39 is 23.0 Å². The fourth-order valence-electron chi connectivity index (χ4n) is 0.948. The maximum Gasteiger partial charge on any atom is 0.361 e. The predicted octanol–water partition coefficient (Wildman–Crippen LogP) is -0.755. The van der Waals surface area contributed by atoms with Crippen molar-refractivity contribution < 1.29 is 14.6 Å². The fraction of sp³-hybridized carbons (Fsp3) is 0.375. The Bertz CT molecular complexity index is 452. The number of aromatic hydroxyl groups is 1. The monoisotopic (exact) mass is 213 g/mol. The first-order chi connectivity index (χ1) is 6.99. The number of carbonyl (C=O) groups excluding carboxylic acids is 1. The molecule has 3 N–H and O–H groups in total. The predicted molar refractivity (Wildman–Crippen MR) is 51.5 cm³/mol. The summed E-state index contributed by atoms with van der Waals surface area (Å²) in [6.07, 6.45) is 0. The third-order valence-corrected chi connectivity index (χ3v) is 1.77. The van der Waals surface area contributed by atoms with Crippen molar-refractivity contribution in [2.75, 3.05) is 12.3 Å². The molecule has 0 saturated carbocycles. The van der Waals surface area contributed by atoms with Crippen LogP contribution in [-0.2, 0) is 11.8 Å². The Morgan fingerprint density at radius 1 is 1.67 bits per heavy atom. The molecule has 0 atom stereocenters. The van der Waals surface area contributed by atoms with Crippen LogP contribution in [0.15, 0.2) is 4.79 Å². The number of esters is 1. The molecular weight excluding hydrogens is 202 g/mol. The topological polar surface area (TPSA) is 107 Å². The molecule has 0 aliphatic carbocycles. The lowest BCUT2D eigenvalue weighted by molar-refractivity contribution is 0.0515. The first-order valence-electron chi connectivity index (χ1n) is 4.21. The summed E-state index contributed by atoms with van der Waals surface area (Å²) < 4.78 is 5.52. The van der Waals surface area contributed by atoms with E-state index in [0.29, 0.717) is 0 Å². The molecule has 0 saturated heterocycles. The van der Waals surface area contributed by atoms with Crippen molar-refractivity contribution in [2.45, 2.75) is 6.92 Å². The first kappa shape index (κ1) is 11.0. The summed E-state index contributed by atoms with van der Waals surface area (Å²) in [6.45, 7) is 1.72. The summed E-state index contributed by atoms with van der Waals surface area (Å²) in [5, 5.41) is 9.35. The summed E-state index contributed by atoms with van der Waals surface area (Å²) in [4.78, 5) is 26.1. The van der Waals surface area contributed by atoms with E-state index in [1.54, 1.807) is 6.92 Å². The van der Waals surface area contributed by atoms with Crippen molar-refractivity contribution in [3.8, 4) is 5.75 Å². The zero-order valence-electron chi connectivity index (χ0n) is 8.35. The Morgan fingerprint density at radius 3 is 2.80 bits per heavy atom. The molecule has 1 heterocycles. The van der Waals surface area contributed by atoms with E-state index in [1.807, 2.05) is 0 Å². The lowest BCUT2D eigenvalue weighted by Crippen LogP contribution is -2.24. The van der Waals surface area contributed by atoms with Gasteiger partial charge in [-0.3, -0.25) is 9.36 Å². The van der Waals surface area contributed by atoms with Crippen LogP contribution < -0.4 is 11.3 Å². The van der Waals surface area contributed by atoms with Crippen molar-refractivity contribution in [2.24, 2.45) is 7.05 Å². The van der Waals surface area contributed by atoms with Gasteiger partial charge in [-0.05, 0) is 6.92 Å². The highest BCUT2D eigenvalue weighted by Crippen LogP contribution is 2.11. The van der Waals surface area contributed by atoms with Gasteiger partial charge in [0.1, 0.15) is 0 Å². The molecule has 0 amide bonds. The van der Waals surface area contributed by atoms with Gasteiger partial charge in [0.15, 0.2) is 5.69 Å². The summed E-state index contributed by atoms with van der Waals surface area (Å²) >= 11 is 0. The third-order valence-electron chi connectivity index (χ3n) is 1.77. The lowest BCUT2D eigenvalue weighted by atomic mass is 10.3. The van der Waals surface area contributed by atoms with Crippen molar-refractivity contribution in [3.63, 3.8) is 0 Å². The number of anilines is 1. The number of hydrogen-bond acceptors (Lipinski definition) is 6. The van der Waals surface area contributed by atoms with Gasteiger partial charge in [-0.1, -0.05) is 0 Å². The molecular formula is C8H11N3O4. The average Bonchev–Trinajstić information content (AvgIpc) is 2.20. The van der Waals surface area contributed by atoms with Crippen LogP contribution >= 0.6 is 0 Å². The van der Waals surface area contributed by atoms with Crippen LogP contribution in [-0.4, -0.2) is 27.2 Å². The number of hydrogen-bond donors (Lipinski definition) is 2. The SMILES string of the molecule is CCOC(=O)c1nc(N)n(C)c(=O)c1O. The zero-order valence-corrected chi connectivity index (χ0v) is 8.35. The maximum absolute atomic E-state index is 11.3. The maximum atomic E-state index is 11.3. The van der Waals surface area contributed by atoms with Gasteiger partial charge in [0, 0.05) is 7.05 Å². The molecule has 0 radical (unpaired) electrons. The highest BCUT2D eigenvalue weighted by molar-refractivity contribution is 5.90. The summed E-state index contributed by atoms with van der Waals surface area (Å²) in [6, 6.07) is 0. The highest BCUT2D eigenvalue weighted by atomic mass is 16.5. The van der Waals surface area contributed by atoms with Crippen LogP contribution in [0.25, 0.3) is 0 Å².